The van der Waals surface area contributed by atoms with Crippen LogP contribution >= 0.6 is 11.8 Å². The second kappa shape index (κ2) is 7.28. The molecule has 1 aliphatic rings. The van der Waals surface area contributed by atoms with Gasteiger partial charge in [0.05, 0.1) is 19.1 Å². The van der Waals surface area contributed by atoms with E-state index in [9.17, 15) is 0 Å². The van der Waals surface area contributed by atoms with Gasteiger partial charge >= 0.3 is 0 Å². The van der Waals surface area contributed by atoms with Crippen molar-refractivity contribution in [1.82, 2.24) is 4.90 Å². The molecule has 122 valence electrons. The molecule has 3 nitrogen and oxygen atoms in total. The van der Waals surface area contributed by atoms with E-state index in [2.05, 4.69) is 42.3 Å². The zero-order valence-corrected chi connectivity index (χ0v) is 14.8. The molecule has 0 spiro atoms. The first-order chi connectivity index (χ1) is 11.2. The Morgan fingerprint density at radius 3 is 2.43 bits per heavy atom. The van der Waals surface area contributed by atoms with Crippen molar-refractivity contribution in [3.63, 3.8) is 0 Å². The first-order valence-electron chi connectivity index (χ1n) is 7.91. The largest absolute Gasteiger partial charge is 0.493 e. The fourth-order valence-corrected chi connectivity index (χ4v) is 4.15. The molecule has 1 heterocycles. The molecule has 0 fully saturated rings. The van der Waals surface area contributed by atoms with E-state index in [1.807, 2.05) is 6.07 Å². The van der Waals surface area contributed by atoms with E-state index in [0.717, 1.165) is 37.4 Å². The van der Waals surface area contributed by atoms with Crippen LogP contribution in [0.1, 0.15) is 11.1 Å². The van der Waals surface area contributed by atoms with E-state index in [1.54, 1.807) is 26.0 Å². The van der Waals surface area contributed by atoms with Crippen molar-refractivity contribution < 1.29 is 9.47 Å². The Morgan fingerprint density at radius 2 is 1.74 bits per heavy atom. The van der Waals surface area contributed by atoms with Crippen molar-refractivity contribution in [3.05, 3.63) is 47.5 Å². The maximum absolute atomic E-state index is 5.71. The van der Waals surface area contributed by atoms with Crippen LogP contribution in [0.4, 0.5) is 0 Å². The summed E-state index contributed by atoms with van der Waals surface area (Å²) in [5, 5.41) is 0. The summed E-state index contributed by atoms with van der Waals surface area (Å²) in [7, 11) is 5.62. The van der Waals surface area contributed by atoms with Crippen molar-refractivity contribution >= 4 is 11.8 Å². The summed E-state index contributed by atoms with van der Waals surface area (Å²) in [4.78, 5) is 4.80. The highest BCUT2D eigenvalue weighted by atomic mass is 32.2. The molecule has 0 saturated carbocycles. The van der Waals surface area contributed by atoms with E-state index in [-0.39, 0.29) is 0 Å². The molecular formula is C19H23NO2S. The number of hydrogen-bond acceptors (Lipinski definition) is 4. The van der Waals surface area contributed by atoms with Crippen molar-refractivity contribution in [2.24, 2.45) is 0 Å². The molecule has 0 aliphatic carbocycles. The van der Waals surface area contributed by atoms with E-state index < -0.39 is 0 Å². The minimum Gasteiger partial charge on any atom is -0.493 e. The van der Waals surface area contributed by atoms with Crippen LogP contribution in [-0.2, 0) is 12.8 Å². The molecule has 0 radical (unpaired) electrons. The average Bonchev–Trinajstić information content (AvgIpc) is 2.77. The van der Waals surface area contributed by atoms with E-state index >= 15 is 0 Å². The molecule has 0 saturated heterocycles. The quantitative estimate of drug-likeness (QED) is 0.848. The van der Waals surface area contributed by atoms with Crippen LogP contribution in [-0.4, -0.2) is 39.3 Å². The van der Waals surface area contributed by atoms with Gasteiger partial charge in [0.15, 0.2) is 11.5 Å². The molecule has 2 aromatic rings. The first-order valence-corrected chi connectivity index (χ1v) is 8.72. The summed E-state index contributed by atoms with van der Waals surface area (Å²) in [5.74, 6) is 1.68. The molecule has 0 bridgehead atoms. The minimum atomic E-state index is 0.828. The number of likely N-dealkylation sites (N-methyl/N-ethyl adjacent to an activating group) is 1. The number of fused-ring (bicyclic) bond motifs is 1. The lowest BCUT2D eigenvalue weighted by atomic mass is 10.0. The zero-order valence-electron chi connectivity index (χ0n) is 14.0. The average molecular weight is 329 g/mol. The summed E-state index contributed by atoms with van der Waals surface area (Å²) in [6.07, 6.45) is 2.09. The molecule has 0 amide bonds. The van der Waals surface area contributed by atoms with Crippen molar-refractivity contribution in [2.45, 2.75) is 22.6 Å². The highest BCUT2D eigenvalue weighted by molar-refractivity contribution is 7.99. The monoisotopic (exact) mass is 329 g/mol. The van der Waals surface area contributed by atoms with Gasteiger partial charge in [-0.3, -0.25) is 0 Å². The maximum atomic E-state index is 5.71. The molecule has 0 unspecified atom stereocenters. The smallest absolute Gasteiger partial charge is 0.174 e. The molecule has 1 aliphatic heterocycles. The van der Waals surface area contributed by atoms with Gasteiger partial charge in [0.1, 0.15) is 0 Å². The lowest BCUT2D eigenvalue weighted by Crippen LogP contribution is -2.20. The summed E-state index contributed by atoms with van der Waals surface area (Å²) in [6.45, 7) is 2.16. The van der Waals surface area contributed by atoms with Gasteiger partial charge in [-0.2, -0.15) is 0 Å². The van der Waals surface area contributed by atoms with E-state index in [1.165, 1.54) is 20.9 Å². The lowest BCUT2D eigenvalue weighted by Gasteiger charge is -2.19. The number of rotatable bonds is 4. The summed E-state index contributed by atoms with van der Waals surface area (Å²) >= 11 is 1.77. The van der Waals surface area contributed by atoms with Crippen LogP contribution in [0.2, 0.25) is 0 Å². The van der Waals surface area contributed by atoms with Crippen LogP contribution in [0.3, 0.4) is 0 Å². The Kier molecular flexibility index (Phi) is 5.13. The Hall–Kier alpha value is -1.65. The van der Waals surface area contributed by atoms with Gasteiger partial charge in [-0.05, 0) is 49.2 Å². The number of benzene rings is 2. The predicted octanol–water partition coefficient (Wildman–Crippen LogP) is 3.89. The first kappa shape index (κ1) is 16.2. The van der Waals surface area contributed by atoms with Gasteiger partial charge in [0.2, 0.25) is 0 Å². The molecule has 3 rings (SSSR count). The summed E-state index contributed by atoms with van der Waals surface area (Å²) in [6, 6.07) is 12.6. The molecule has 2 aromatic carbocycles. The normalized spacial score (nSPS) is 14.9. The molecule has 0 N–H and O–H groups in total. The lowest BCUT2D eigenvalue weighted by molar-refractivity contribution is 0.346. The molecule has 0 aromatic heterocycles. The highest BCUT2D eigenvalue weighted by Gasteiger charge is 2.22. The summed E-state index contributed by atoms with van der Waals surface area (Å²) in [5.41, 5.74) is 2.78. The zero-order chi connectivity index (χ0) is 16.2. The van der Waals surface area contributed by atoms with Crippen LogP contribution in [0.25, 0.3) is 0 Å². The van der Waals surface area contributed by atoms with Crippen LogP contribution < -0.4 is 9.47 Å². The number of nitrogens with zero attached hydrogens (tertiary/aromatic N) is 1. The summed E-state index contributed by atoms with van der Waals surface area (Å²) < 4.78 is 11.3. The maximum Gasteiger partial charge on any atom is 0.174 e. The fraction of sp³-hybridized carbons (Fsp3) is 0.368. The number of methoxy groups -OCH3 is 2. The standard InChI is InChI=1S/C19H23NO2S/c1-20-11-9-14-13-17(21-2)18(22-3)19(16(14)10-12-20)23-15-7-5-4-6-8-15/h4-8,13H,9-12H2,1-3H3. The van der Waals surface area contributed by atoms with Crippen LogP contribution in [0.15, 0.2) is 46.2 Å². The Balaban J connectivity index is 2.10. The third-order valence-corrected chi connectivity index (χ3v) is 5.43. The highest BCUT2D eigenvalue weighted by Crippen LogP contribution is 2.45. The van der Waals surface area contributed by atoms with Gasteiger partial charge in [-0.15, -0.1) is 0 Å². The van der Waals surface area contributed by atoms with Crippen LogP contribution in [0.5, 0.6) is 11.5 Å². The SMILES string of the molecule is COc1cc2c(c(Sc3ccccc3)c1OC)CCN(C)CC2. The van der Waals surface area contributed by atoms with Gasteiger partial charge in [-0.25, -0.2) is 0 Å². The van der Waals surface area contributed by atoms with Gasteiger partial charge in [-0.1, -0.05) is 30.0 Å². The molecule has 0 atom stereocenters. The van der Waals surface area contributed by atoms with Crippen molar-refractivity contribution in [2.75, 3.05) is 34.4 Å². The van der Waals surface area contributed by atoms with Crippen molar-refractivity contribution in [1.29, 1.82) is 0 Å². The fourth-order valence-electron chi connectivity index (χ4n) is 2.99. The molecular weight excluding hydrogens is 306 g/mol. The van der Waals surface area contributed by atoms with Gasteiger partial charge in [0.25, 0.3) is 0 Å². The van der Waals surface area contributed by atoms with Gasteiger partial charge < -0.3 is 14.4 Å². The number of hydrogen-bond donors (Lipinski definition) is 0. The van der Waals surface area contributed by atoms with Gasteiger partial charge in [0, 0.05) is 18.0 Å². The van der Waals surface area contributed by atoms with Crippen molar-refractivity contribution in [3.8, 4) is 11.5 Å². The topological polar surface area (TPSA) is 21.7 Å². The second-order valence-electron chi connectivity index (χ2n) is 5.80. The van der Waals surface area contributed by atoms with Crippen LogP contribution in [0, 0.1) is 0 Å². The Labute approximate surface area is 142 Å². The molecule has 4 heteroatoms. The Bertz CT molecular complexity index is 673. The third kappa shape index (κ3) is 3.48. The Morgan fingerprint density at radius 1 is 1.00 bits per heavy atom. The van der Waals surface area contributed by atoms with E-state index in [0.29, 0.717) is 0 Å². The third-order valence-electron chi connectivity index (χ3n) is 4.29. The molecule has 23 heavy (non-hydrogen) atoms. The minimum absolute atomic E-state index is 0.828. The number of ether oxygens (including phenoxy) is 2. The van der Waals surface area contributed by atoms with E-state index in [4.69, 9.17) is 9.47 Å². The second-order valence-corrected chi connectivity index (χ2v) is 6.88. The predicted molar refractivity (Wildman–Crippen MR) is 95.0 cm³/mol.